The topological polar surface area (TPSA) is 20.2 Å². The van der Waals surface area contributed by atoms with Gasteiger partial charge in [-0.1, -0.05) is 11.8 Å². The van der Waals surface area contributed by atoms with Gasteiger partial charge in [0.05, 0.1) is 6.10 Å². The molecule has 1 heteroatoms. The second-order valence-corrected chi connectivity index (χ2v) is 1.45. The molecule has 0 heterocycles. The number of rotatable bonds is 0. The lowest BCUT2D eigenvalue weighted by Crippen LogP contribution is -2.00. The van der Waals surface area contributed by atoms with E-state index in [2.05, 4.69) is 11.8 Å². The molecule has 0 saturated carbocycles. The lowest BCUT2D eigenvalue weighted by molar-refractivity contribution is 0.228. The van der Waals surface area contributed by atoms with Crippen molar-refractivity contribution >= 4 is 0 Å². The van der Waals surface area contributed by atoms with Crippen molar-refractivity contribution in [3.63, 3.8) is 0 Å². The van der Waals surface area contributed by atoms with E-state index in [4.69, 9.17) is 5.11 Å². The Morgan fingerprint density at radius 3 is 2.86 bits per heavy atom. The third-order valence-corrected chi connectivity index (χ3v) is 0.815. The van der Waals surface area contributed by atoms with E-state index in [1.165, 1.54) is 0 Å². The van der Waals surface area contributed by atoms with Crippen LogP contribution in [0.15, 0.2) is 12.2 Å². The molecule has 1 N–H and O–H groups in total. The van der Waals surface area contributed by atoms with E-state index >= 15 is 0 Å². The Morgan fingerprint density at radius 1 is 1.71 bits per heavy atom. The minimum absolute atomic E-state index is 0.318. The monoisotopic (exact) mass is 94.0 g/mol. The van der Waals surface area contributed by atoms with Gasteiger partial charge in [0.15, 0.2) is 0 Å². The maximum Gasteiger partial charge on any atom is 0.0839 e. The zero-order valence-electron chi connectivity index (χ0n) is 3.89. The summed E-state index contributed by atoms with van der Waals surface area (Å²) in [5.41, 5.74) is 0. The molecule has 0 aliphatic heterocycles. The Morgan fingerprint density at radius 2 is 2.57 bits per heavy atom. The van der Waals surface area contributed by atoms with Gasteiger partial charge in [-0.15, -0.1) is 0 Å². The first kappa shape index (κ1) is 4.42. The number of allylic oxidation sites excluding steroid dienone is 1. The van der Waals surface area contributed by atoms with Crippen LogP contribution < -0.4 is 0 Å². The molecule has 0 bridgehead atoms. The van der Waals surface area contributed by atoms with E-state index < -0.39 is 0 Å². The Kier molecular flexibility index (Phi) is 1.14. The quantitative estimate of drug-likeness (QED) is 0.428. The number of hydrogen-bond acceptors (Lipinski definition) is 1. The molecule has 1 nitrogen and oxygen atoms in total. The fourth-order valence-corrected chi connectivity index (χ4v) is 0.450. The summed E-state index contributed by atoms with van der Waals surface area (Å²) in [6.45, 7) is 0. The second-order valence-electron chi connectivity index (χ2n) is 1.45. The highest BCUT2D eigenvalue weighted by molar-refractivity contribution is 5.21. The van der Waals surface area contributed by atoms with Crippen molar-refractivity contribution in [1.82, 2.24) is 0 Å². The molecule has 0 aromatic carbocycles. The average molecular weight is 94.1 g/mol. The smallest absolute Gasteiger partial charge is 0.0839 e. The van der Waals surface area contributed by atoms with Gasteiger partial charge >= 0.3 is 0 Å². The largest absolute Gasteiger partial charge is 0.388 e. The summed E-state index contributed by atoms with van der Waals surface area (Å²) in [4.78, 5) is 0. The van der Waals surface area contributed by atoms with Crippen molar-refractivity contribution < 1.29 is 5.11 Å². The molecule has 1 aliphatic rings. The van der Waals surface area contributed by atoms with Gasteiger partial charge in [-0.3, -0.25) is 0 Å². The molecular weight excluding hydrogens is 88.1 g/mol. The van der Waals surface area contributed by atoms with E-state index in [1.807, 2.05) is 0 Å². The first-order chi connectivity index (χ1) is 3.39. The Bertz CT molecular complexity index is 136. The third-order valence-electron chi connectivity index (χ3n) is 0.815. The van der Waals surface area contributed by atoms with Gasteiger partial charge in [0.1, 0.15) is 0 Å². The molecule has 0 saturated heterocycles. The van der Waals surface area contributed by atoms with Crippen LogP contribution in [0.3, 0.4) is 0 Å². The fraction of sp³-hybridized carbons (Fsp3) is 0.333. The fourth-order valence-electron chi connectivity index (χ4n) is 0.450. The maximum absolute atomic E-state index is 8.72. The lowest BCUT2D eigenvalue weighted by atomic mass is 10.2. The zero-order valence-corrected chi connectivity index (χ0v) is 3.89. The van der Waals surface area contributed by atoms with Crippen molar-refractivity contribution in [2.45, 2.75) is 12.5 Å². The van der Waals surface area contributed by atoms with Crippen molar-refractivity contribution in [2.75, 3.05) is 0 Å². The van der Waals surface area contributed by atoms with Gasteiger partial charge in [0.2, 0.25) is 0 Å². The third kappa shape index (κ3) is 1.06. The van der Waals surface area contributed by atoms with E-state index in [1.54, 1.807) is 12.2 Å². The van der Waals surface area contributed by atoms with Crippen LogP contribution >= 0.6 is 0 Å². The molecule has 0 spiro atoms. The van der Waals surface area contributed by atoms with Gasteiger partial charge in [-0.25, -0.2) is 0 Å². The van der Waals surface area contributed by atoms with E-state index in [-0.39, 0.29) is 6.10 Å². The highest BCUT2D eigenvalue weighted by Crippen LogP contribution is 1.94. The van der Waals surface area contributed by atoms with Gasteiger partial charge < -0.3 is 5.11 Å². The summed E-state index contributed by atoms with van der Waals surface area (Å²) in [5, 5.41) is 8.72. The molecule has 0 fully saturated rings. The number of aliphatic hydroxyl groups is 1. The summed E-state index contributed by atoms with van der Waals surface area (Å²) >= 11 is 0. The summed E-state index contributed by atoms with van der Waals surface area (Å²) in [7, 11) is 0. The van der Waals surface area contributed by atoms with Crippen LogP contribution in [0.25, 0.3) is 0 Å². The van der Waals surface area contributed by atoms with Crippen LogP contribution in [0.5, 0.6) is 0 Å². The van der Waals surface area contributed by atoms with Crippen molar-refractivity contribution in [3.8, 4) is 11.8 Å². The molecule has 1 unspecified atom stereocenters. The van der Waals surface area contributed by atoms with E-state index in [0.29, 0.717) is 6.42 Å². The normalized spacial score (nSPS) is 26.1. The van der Waals surface area contributed by atoms with Gasteiger partial charge in [-0.2, -0.15) is 0 Å². The molecular formula is C6H6O. The predicted octanol–water partition coefficient (Wildman–Crippen LogP) is 0.311. The van der Waals surface area contributed by atoms with Crippen LogP contribution in [0.1, 0.15) is 6.42 Å². The van der Waals surface area contributed by atoms with Crippen LogP contribution in [0, 0.1) is 11.8 Å². The van der Waals surface area contributed by atoms with Crippen molar-refractivity contribution in [2.24, 2.45) is 0 Å². The number of aliphatic hydroxyl groups excluding tert-OH is 1. The van der Waals surface area contributed by atoms with E-state index in [9.17, 15) is 0 Å². The summed E-state index contributed by atoms with van der Waals surface area (Å²) < 4.78 is 0. The molecule has 1 aliphatic carbocycles. The summed E-state index contributed by atoms with van der Waals surface area (Å²) in [6, 6.07) is 0. The molecule has 7 heavy (non-hydrogen) atoms. The van der Waals surface area contributed by atoms with Gasteiger partial charge in [0.25, 0.3) is 0 Å². The van der Waals surface area contributed by atoms with Crippen LogP contribution in [0.4, 0.5) is 0 Å². The lowest BCUT2D eigenvalue weighted by Gasteiger charge is -1.98. The molecule has 0 radical (unpaired) electrons. The Balaban J connectivity index is 2.58. The molecule has 0 aromatic heterocycles. The van der Waals surface area contributed by atoms with Crippen LogP contribution in [-0.2, 0) is 0 Å². The SMILES string of the molecule is OC1C=CC#CC1. The molecule has 36 valence electrons. The van der Waals surface area contributed by atoms with Crippen LogP contribution in [0.2, 0.25) is 0 Å². The Hall–Kier alpha value is -0.740. The Labute approximate surface area is 42.7 Å². The zero-order chi connectivity index (χ0) is 5.11. The van der Waals surface area contributed by atoms with E-state index in [0.717, 1.165) is 0 Å². The molecule has 0 aromatic rings. The molecule has 0 amide bonds. The molecule has 1 atom stereocenters. The minimum Gasteiger partial charge on any atom is -0.388 e. The second kappa shape index (κ2) is 1.81. The van der Waals surface area contributed by atoms with Gasteiger partial charge in [-0.05, 0) is 12.2 Å². The van der Waals surface area contributed by atoms with Crippen LogP contribution in [-0.4, -0.2) is 11.2 Å². The summed E-state index contributed by atoms with van der Waals surface area (Å²) in [6.07, 6.45) is 3.64. The highest BCUT2D eigenvalue weighted by atomic mass is 16.3. The predicted molar refractivity (Wildman–Crippen MR) is 27.5 cm³/mol. The molecule has 1 rings (SSSR count). The number of hydrogen-bond donors (Lipinski definition) is 1. The first-order valence-electron chi connectivity index (χ1n) is 2.23. The summed E-state index contributed by atoms with van der Waals surface area (Å²) in [5.74, 6) is 5.47. The minimum atomic E-state index is -0.318. The van der Waals surface area contributed by atoms with Crippen molar-refractivity contribution in [1.29, 1.82) is 0 Å². The first-order valence-corrected chi connectivity index (χ1v) is 2.23. The van der Waals surface area contributed by atoms with Crippen molar-refractivity contribution in [3.05, 3.63) is 12.2 Å². The average Bonchev–Trinajstić information content (AvgIpc) is 1.69. The van der Waals surface area contributed by atoms with Gasteiger partial charge in [0, 0.05) is 6.42 Å². The standard InChI is InChI=1S/C6H6O/c7-6-4-2-1-3-5-6/h2,4,6-7H,5H2. The highest BCUT2D eigenvalue weighted by Gasteiger charge is 1.94. The maximum atomic E-state index is 8.72.